The second-order valence-electron chi connectivity index (χ2n) is 4.74. The predicted molar refractivity (Wildman–Crippen MR) is 80.5 cm³/mol. The van der Waals surface area contributed by atoms with Crippen LogP contribution < -0.4 is 15.4 Å². The molecule has 1 aromatic carbocycles. The van der Waals surface area contributed by atoms with Crippen molar-refractivity contribution >= 4 is 11.8 Å². The highest BCUT2D eigenvalue weighted by Crippen LogP contribution is 2.12. The Kier molecular flexibility index (Phi) is 5.19. The number of furan rings is 1. The van der Waals surface area contributed by atoms with Gasteiger partial charge in [0.05, 0.1) is 13.4 Å². The van der Waals surface area contributed by atoms with Crippen LogP contribution in [0.1, 0.15) is 23.0 Å². The Hall–Kier alpha value is -2.76. The molecule has 0 spiro atoms. The summed E-state index contributed by atoms with van der Waals surface area (Å²) in [6, 6.07) is 9.89. The first kappa shape index (κ1) is 15.6. The van der Waals surface area contributed by atoms with Gasteiger partial charge in [-0.25, -0.2) is 0 Å². The number of benzene rings is 1. The Balaban J connectivity index is 1.84. The highest BCUT2D eigenvalue weighted by Gasteiger charge is 2.17. The number of ether oxygens (including phenoxy) is 1. The number of carbonyl (C=O) groups excluding carboxylic acids is 2. The number of nitrogens with one attached hydrogen (secondary N) is 2. The first-order valence-electron chi connectivity index (χ1n) is 6.85. The van der Waals surface area contributed by atoms with E-state index in [1.54, 1.807) is 20.1 Å². The minimum atomic E-state index is -0.664. The monoisotopic (exact) mass is 302 g/mol. The molecule has 1 aromatic heterocycles. The van der Waals surface area contributed by atoms with Crippen molar-refractivity contribution in [2.45, 2.75) is 19.5 Å². The fourth-order valence-corrected chi connectivity index (χ4v) is 1.87. The number of hydrogen-bond acceptors (Lipinski definition) is 4. The van der Waals surface area contributed by atoms with Gasteiger partial charge in [0.15, 0.2) is 5.76 Å². The predicted octanol–water partition coefficient (Wildman–Crippen LogP) is 1.72. The molecule has 1 heterocycles. The van der Waals surface area contributed by atoms with Crippen molar-refractivity contribution in [2.24, 2.45) is 0 Å². The highest BCUT2D eigenvalue weighted by molar-refractivity contribution is 5.95. The Labute approximate surface area is 128 Å². The summed E-state index contributed by atoms with van der Waals surface area (Å²) in [5, 5.41) is 5.33. The summed E-state index contributed by atoms with van der Waals surface area (Å²) in [5.41, 5.74) is 0.914. The lowest BCUT2D eigenvalue weighted by atomic mass is 10.2. The molecule has 0 saturated heterocycles. The zero-order chi connectivity index (χ0) is 15.9. The van der Waals surface area contributed by atoms with Crippen LogP contribution in [0.25, 0.3) is 0 Å². The van der Waals surface area contributed by atoms with Gasteiger partial charge in [-0.05, 0) is 36.8 Å². The largest absolute Gasteiger partial charge is 0.497 e. The summed E-state index contributed by atoms with van der Waals surface area (Å²) in [4.78, 5) is 23.8. The summed E-state index contributed by atoms with van der Waals surface area (Å²) in [6.07, 6.45) is 1.41. The average Bonchev–Trinajstić information content (AvgIpc) is 3.07. The summed E-state index contributed by atoms with van der Waals surface area (Å²) >= 11 is 0. The zero-order valence-electron chi connectivity index (χ0n) is 12.5. The van der Waals surface area contributed by atoms with Crippen molar-refractivity contribution in [2.75, 3.05) is 7.11 Å². The lowest BCUT2D eigenvalue weighted by Crippen LogP contribution is -2.44. The maximum atomic E-state index is 12.0. The maximum Gasteiger partial charge on any atom is 0.287 e. The molecule has 0 aliphatic carbocycles. The van der Waals surface area contributed by atoms with E-state index >= 15 is 0 Å². The lowest BCUT2D eigenvalue weighted by Gasteiger charge is -2.13. The van der Waals surface area contributed by atoms with Gasteiger partial charge in [-0.2, -0.15) is 0 Å². The normalized spacial score (nSPS) is 11.5. The quantitative estimate of drug-likeness (QED) is 0.851. The third kappa shape index (κ3) is 4.12. The Morgan fingerprint density at radius 2 is 2.09 bits per heavy atom. The molecule has 22 heavy (non-hydrogen) atoms. The van der Waals surface area contributed by atoms with E-state index in [0.717, 1.165) is 11.3 Å². The van der Waals surface area contributed by atoms with Crippen molar-refractivity contribution in [3.8, 4) is 5.75 Å². The van der Waals surface area contributed by atoms with Crippen LogP contribution in [0.5, 0.6) is 5.75 Å². The Morgan fingerprint density at radius 3 is 2.77 bits per heavy atom. The van der Waals surface area contributed by atoms with Gasteiger partial charge in [-0.15, -0.1) is 0 Å². The Morgan fingerprint density at radius 1 is 1.27 bits per heavy atom. The lowest BCUT2D eigenvalue weighted by molar-refractivity contribution is -0.122. The van der Waals surface area contributed by atoms with E-state index in [9.17, 15) is 9.59 Å². The van der Waals surface area contributed by atoms with E-state index in [-0.39, 0.29) is 11.7 Å². The van der Waals surface area contributed by atoms with Crippen molar-refractivity contribution < 1.29 is 18.7 Å². The molecule has 6 heteroatoms. The van der Waals surface area contributed by atoms with Crippen molar-refractivity contribution in [1.82, 2.24) is 10.6 Å². The molecule has 2 aromatic rings. The molecular formula is C16H18N2O4. The minimum Gasteiger partial charge on any atom is -0.497 e. The molecule has 0 aliphatic heterocycles. The van der Waals surface area contributed by atoms with Crippen LogP contribution in [0.4, 0.5) is 0 Å². The van der Waals surface area contributed by atoms with Crippen LogP contribution in [-0.2, 0) is 11.3 Å². The fraction of sp³-hybridized carbons (Fsp3) is 0.250. The molecule has 0 bridgehead atoms. The number of hydrogen-bond donors (Lipinski definition) is 2. The molecule has 0 aliphatic rings. The van der Waals surface area contributed by atoms with Crippen LogP contribution in [0, 0.1) is 0 Å². The molecule has 0 saturated carbocycles. The molecule has 6 nitrogen and oxygen atoms in total. The van der Waals surface area contributed by atoms with Crippen LogP contribution in [0.3, 0.4) is 0 Å². The molecule has 116 valence electrons. The summed E-state index contributed by atoms with van der Waals surface area (Å²) in [7, 11) is 1.59. The molecule has 0 unspecified atom stereocenters. The molecule has 2 rings (SSSR count). The minimum absolute atomic E-state index is 0.174. The van der Waals surface area contributed by atoms with Gasteiger partial charge in [0.25, 0.3) is 5.91 Å². The first-order chi connectivity index (χ1) is 10.6. The Bertz CT molecular complexity index is 637. The first-order valence-corrected chi connectivity index (χ1v) is 6.85. The second kappa shape index (κ2) is 7.31. The summed E-state index contributed by atoms with van der Waals surface area (Å²) in [5.74, 6) is 0.204. The fourth-order valence-electron chi connectivity index (χ4n) is 1.87. The molecule has 0 fully saturated rings. The van der Waals surface area contributed by atoms with E-state index < -0.39 is 11.9 Å². The van der Waals surface area contributed by atoms with Crippen LogP contribution in [0.15, 0.2) is 47.1 Å². The molecule has 1 atom stereocenters. The van der Waals surface area contributed by atoms with Crippen LogP contribution in [0.2, 0.25) is 0 Å². The molecular weight excluding hydrogens is 284 g/mol. The van der Waals surface area contributed by atoms with Gasteiger partial charge >= 0.3 is 0 Å². The third-order valence-electron chi connectivity index (χ3n) is 3.09. The standard InChI is InChI=1S/C16H18N2O4/c1-11(18-16(20)14-7-4-8-22-14)15(19)17-10-12-5-3-6-13(9-12)21-2/h3-9,11H,10H2,1-2H3,(H,17,19)(H,18,20)/t11-/m0/s1. The number of rotatable bonds is 6. The van der Waals surface area contributed by atoms with Gasteiger partial charge in [0, 0.05) is 6.54 Å². The summed E-state index contributed by atoms with van der Waals surface area (Å²) < 4.78 is 10.1. The van der Waals surface area contributed by atoms with Crippen molar-refractivity contribution in [3.05, 3.63) is 54.0 Å². The van der Waals surface area contributed by atoms with Gasteiger partial charge in [0.2, 0.25) is 5.91 Å². The van der Waals surface area contributed by atoms with E-state index in [1.807, 2.05) is 24.3 Å². The van der Waals surface area contributed by atoms with Crippen molar-refractivity contribution in [1.29, 1.82) is 0 Å². The van der Waals surface area contributed by atoms with Gasteiger partial charge in [0.1, 0.15) is 11.8 Å². The van der Waals surface area contributed by atoms with E-state index in [4.69, 9.17) is 9.15 Å². The van der Waals surface area contributed by atoms with Gasteiger partial charge in [-0.3, -0.25) is 9.59 Å². The van der Waals surface area contributed by atoms with E-state index in [1.165, 1.54) is 12.3 Å². The number of carbonyl (C=O) groups is 2. The number of amides is 2. The average molecular weight is 302 g/mol. The van der Waals surface area contributed by atoms with Gasteiger partial charge < -0.3 is 19.8 Å². The van der Waals surface area contributed by atoms with Crippen molar-refractivity contribution in [3.63, 3.8) is 0 Å². The SMILES string of the molecule is COc1cccc(CNC(=O)[C@H](C)NC(=O)c2ccco2)c1. The van der Waals surface area contributed by atoms with E-state index in [0.29, 0.717) is 6.54 Å². The number of methoxy groups -OCH3 is 1. The smallest absolute Gasteiger partial charge is 0.287 e. The highest BCUT2D eigenvalue weighted by atomic mass is 16.5. The maximum absolute atomic E-state index is 12.0. The second-order valence-corrected chi connectivity index (χ2v) is 4.74. The third-order valence-corrected chi connectivity index (χ3v) is 3.09. The molecule has 2 N–H and O–H groups in total. The van der Waals surface area contributed by atoms with E-state index in [2.05, 4.69) is 10.6 Å². The topological polar surface area (TPSA) is 80.6 Å². The van der Waals surface area contributed by atoms with Crippen LogP contribution >= 0.6 is 0 Å². The molecule has 2 amide bonds. The summed E-state index contributed by atoms with van der Waals surface area (Å²) in [6.45, 7) is 1.97. The molecule has 0 radical (unpaired) electrons. The van der Waals surface area contributed by atoms with Crippen LogP contribution in [-0.4, -0.2) is 25.0 Å². The van der Waals surface area contributed by atoms with Gasteiger partial charge in [-0.1, -0.05) is 12.1 Å². The zero-order valence-corrected chi connectivity index (χ0v) is 12.5.